The molecule has 1 amide bonds. The van der Waals surface area contributed by atoms with Gasteiger partial charge < -0.3 is 9.47 Å². The van der Waals surface area contributed by atoms with Crippen molar-refractivity contribution >= 4 is 44.4 Å². The van der Waals surface area contributed by atoms with Crippen LogP contribution in [0, 0.1) is 11.3 Å². The standard InChI is InChI=1S/C18H18BrN3O3S/c1-4-24-15-8-12(14(19)9-16(15)25-11(2)3)7-13(10-20)17(23)22-18-21-5-6-26-18/h5-9,11H,4H2,1-3H3,(H,21,22,23)/b13-7+. The maximum Gasteiger partial charge on any atom is 0.268 e. The molecule has 2 rings (SSSR count). The average Bonchev–Trinajstić information content (AvgIpc) is 3.08. The Morgan fingerprint density at radius 1 is 1.46 bits per heavy atom. The number of carbonyl (C=O) groups is 1. The van der Waals surface area contributed by atoms with E-state index in [9.17, 15) is 10.1 Å². The first-order valence-electron chi connectivity index (χ1n) is 7.90. The van der Waals surface area contributed by atoms with Crippen LogP contribution in [0.1, 0.15) is 26.3 Å². The third kappa shape index (κ3) is 5.31. The van der Waals surface area contributed by atoms with E-state index in [1.165, 1.54) is 17.4 Å². The summed E-state index contributed by atoms with van der Waals surface area (Å²) in [6.07, 6.45) is 3.06. The molecular weight excluding hydrogens is 418 g/mol. The smallest absolute Gasteiger partial charge is 0.268 e. The summed E-state index contributed by atoms with van der Waals surface area (Å²) in [5.41, 5.74) is 0.594. The van der Waals surface area contributed by atoms with Gasteiger partial charge in [-0.15, -0.1) is 11.3 Å². The second-order valence-electron chi connectivity index (χ2n) is 5.38. The molecule has 0 aliphatic rings. The molecule has 0 saturated carbocycles. The van der Waals surface area contributed by atoms with Crippen LogP contribution in [0.25, 0.3) is 6.08 Å². The summed E-state index contributed by atoms with van der Waals surface area (Å²) >= 11 is 4.74. The second kappa shape index (κ2) is 9.36. The van der Waals surface area contributed by atoms with Crippen molar-refractivity contribution in [2.75, 3.05) is 11.9 Å². The second-order valence-corrected chi connectivity index (χ2v) is 7.13. The van der Waals surface area contributed by atoms with Gasteiger partial charge in [0.15, 0.2) is 16.6 Å². The highest BCUT2D eigenvalue weighted by atomic mass is 79.9. The lowest BCUT2D eigenvalue weighted by Gasteiger charge is -2.16. The number of amides is 1. The average molecular weight is 436 g/mol. The van der Waals surface area contributed by atoms with Gasteiger partial charge in [0.2, 0.25) is 0 Å². The molecule has 26 heavy (non-hydrogen) atoms. The predicted molar refractivity (Wildman–Crippen MR) is 105 cm³/mol. The van der Waals surface area contributed by atoms with E-state index in [1.54, 1.807) is 23.7 Å². The highest BCUT2D eigenvalue weighted by molar-refractivity contribution is 9.10. The summed E-state index contributed by atoms with van der Waals surface area (Å²) in [5, 5.41) is 14.1. The molecule has 0 spiro atoms. The van der Waals surface area contributed by atoms with Crippen molar-refractivity contribution < 1.29 is 14.3 Å². The van der Waals surface area contributed by atoms with Crippen molar-refractivity contribution in [3.8, 4) is 17.6 Å². The third-order valence-corrected chi connectivity index (χ3v) is 4.42. The molecule has 0 bridgehead atoms. The van der Waals surface area contributed by atoms with Gasteiger partial charge in [0, 0.05) is 16.0 Å². The molecule has 1 N–H and O–H groups in total. The Labute approximate surface area is 164 Å². The Kier molecular flexibility index (Phi) is 7.18. The molecular formula is C18H18BrN3O3S. The Morgan fingerprint density at radius 2 is 2.23 bits per heavy atom. The number of hydrogen-bond donors (Lipinski definition) is 1. The zero-order chi connectivity index (χ0) is 19.1. The molecule has 0 saturated heterocycles. The first-order chi connectivity index (χ1) is 12.4. The van der Waals surface area contributed by atoms with Crippen molar-refractivity contribution in [2.24, 2.45) is 0 Å². The van der Waals surface area contributed by atoms with Crippen LogP contribution in [0.15, 0.2) is 33.8 Å². The summed E-state index contributed by atoms with van der Waals surface area (Å²) in [5.74, 6) is 0.625. The van der Waals surface area contributed by atoms with Gasteiger partial charge in [0.1, 0.15) is 11.6 Å². The zero-order valence-corrected chi connectivity index (χ0v) is 17.0. The first-order valence-corrected chi connectivity index (χ1v) is 9.57. The van der Waals surface area contributed by atoms with Crippen LogP contribution in [0.4, 0.5) is 5.13 Å². The minimum Gasteiger partial charge on any atom is -0.490 e. The number of nitrogens with zero attached hydrogens (tertiary/aromatic N) is 2. The lowest BCUT2D eigenvalue weighted by atomic mass is 10.1. The maximum absolute atomic E-state index is 12.3. The molecule has 0 unspecified atom stereocenters. The lowest BCUT2D eigenvalue weighted by molar-refractivity contribution is -0.112. The molecule has 1 aromatic carbocycles. The summed E-state index contributed by atoms with van der Waals surface area (Å²) in [6, 6.07) is 5.43. The van der Waals surface area contributed by atoms with Crippen LogP contribution in [-0.2, 0) is 4.79 Å². The fourth-order valence-corrected chi connectivity index (χ4v) is 2.99. The maximum atomic E-state index is 12.3. The van der Waals surface area contributed by atoms with E-state index in [0.29, 0.717) is 33.3 Å². The fourth-order valence-electron chi connectivity index (χ4n) is 2.03. The van der Waals surface area contributed by atoms with E-state index in [0.717, 1.165) is 0 Å². The number of hydrogen-bond acceptors (Lipinski definition) is 6. The van der Waals surface area contributed by atoms with E-state index in [-0.39, 0.29) is 11.7 Å². The van der Waals surface area contributed by atoms with E-state index in [2.05, 4.69) is 26.2 Å². The van der Waals surface area contributed by atoms with Gasteiger partial charge in [-0.3, -0.25) is 10.1 Å². The van der Waals surface area contributed by atoms with Gasteiger partial charge in [0.05, 0.1) is 12.7 Å². The third-order valence-electron chi connectivity index (χ3n) is 3.04. The molecule has 6 nitrogen and oxygen atoms in total. The van der Waals surface area contributed by atoms with Crippen molar-refractivity contribution in [3.63, 3.8) is 0 Å². The van der Waals surface area contributed by atoms with Gasteiger partial charge in [-0.05, 0) is 44.5 Å². The number of aromatic nitrogens is 1. The number of carbonyl (C=O) groups excluding carboxylic acids is 1. The number of benzene rings is 1. The quantitative estimate of drug-likeness (QED) is 0.505. The molecule has 1 heterocycles. The van der Waals surface area contributed by atoms with Crippen molar-refractivity contribution in [3.05, 3.63) is 39.3 Å². The molecule has 136 valence electrons. The van der Waals surface area contributed by atoms with Crippen molar-refractivity contribution in [2.45, 2.75) is 26.9 Å². The molecule has 0 aliphatic heterocycles. The van der Waals surface area contributed by atoms with E-state index >= 15 is 0 Å². The lowest BCUT2D eigenvalue weighted by Crippen LogP contribution is -2.13. The normalized spacial score (nSPS) is 11.2. The van der Waals surface area contributed by atoms with Crippen LogP contribution in [-0.4, -0.2) is 23.6 Å². The molecule has 2 aromatic rings. The van der Waals surface area contributed by atoms with Crippen molar-refractivity contribution in [1.82, 2.24) is 4.98 Å². The highest BCUT2D eigenvalue weighted by Crippen LogP contribution is 2.35. The van der Waals surface area contributed by atoms with Gasteiger partial charge in [-0.25, -0.2) is 4.98 Å². The minimum atomic E-state index is -0.519. The molecule has 0 fully saturated rings. The Morgan fingerprint density at radius 3 is 2.81 bits per heavy atom. The number of thiazole rings is 1. The first kappa shape index (κ1) is 19.9. The van der Waals surface area contributed by atoms with Crippen LogP contribution in [0.5, 0.6) is 11.5 Å². The number of nitrogens with one attached hydrogen (secondary N) is 1. The number of nitriles is 1. The Balaban J connectivity index is 2.35. The summed E-state index contributed by atoms with van der Waals surface area (Å²) in [4.78, 5) is 16.3. The largest absolute Gasteiger partial charge is 0.490 e. The number of anilines is 1. The van der Waals surface area contributed by atoms with Crippen LogP contribution >= 0.6 is 27.3 Å². The monoisotopic (exact) mass is 435 g/mol. The van der Waals surface area contributed by atoms with Gasteiger partial charge in [-0.1, -0.05) is 15.9 Å². The number of halogens is 1. The van der Waals surface area contributed by atoms with Gasteiger partial charge >= 0.3 is 0 Å². The Bertz CT molecular complexity index is 842. The Hall–Kier alpha value is -2.37. The van der Waals surface area contributed by atoms with E-state index in [1.807, 2.05) is 26.8 Å². The summed E-state index contributed by atoms with van der Waals surface area (Å²) in [7, 11) is 0. The molecule has 0 radical (unpaired) electrons. The van der Waals surface area contributed by atoms with Gasteiger partial charge in [-0.2, -0.15) is 5.26 Å². The minimum absolute atomic E-state index is 0.0127. The summed E-state index contributed by atoms with van der Waals surface area (Å²) in [6.45, 7) is 6.19. The SMILES string of the molecule is CCOc1cc(/C=C(\C#N)C(=O)Nc2nccs2)c(Br)cc1OC(C)C. The predicted octanol–water partition coefficient (Wildman–Crippen LogP) is 4.64. The molecule has 0 atom stereocenters. The highest BCUT2D eigenvalue weighted by Gasteiger charge is 2.15. The number of rotatable bonds is 7. The van der Waals surface area contributed by atoms with Crippen LogP contribution in [0.2, 0.25) is 0 Å². The topological polar surface area (TPSA) is 84.2 Å². The van der Waals surface area contributed by atoms with Gasteiger partial charge in [0.25, 0.3) is 5.91 Å². The number of ether oxygens (including phenoxy) is 2. The van der Waals surface area contributed by atoms with Crippen molar-refractivity contribution in [1.29, 1.82) is 5.26 Å². The van der Waals surface area contributed by atoms with E-state index < -0.39 is 5.91 Å². The van der Waals surface area contributed by atoms with Crippen LogP contribution in [0.3, 0.4) is 0 Å². The zero-order valence-electron chi connectivity index (χ0n) is 14.6. The fraction of sp³-hybridized carbons (Fsp3) is 0.278. The molecule has 1 aromatic heterocycles. The molecule has 8 heteroatoms. The van der Waals surface area contributed by atoms with Crippen LogP contribution < -0.4 is 14.8 Å². The van der Waals surface area contributed by atoms with E-state index in [4.69, 9.17) is 9.47 Å². The summed E-state index contributed by atoms with van der Waals surface area (Å²) < 4.78 is 12.1. The molecule has 0 aliphatic carbocycles.